The zero-order valence-corrected chi connectivity index (χ0v) is 12.4. The zero-order valence-electron chi connectivity index (χ0n) is 11.6. The fourth-order valence-electron chi connectivity index (χ4n) is 2.80. The van der Waals surface area contributed by atoms with Crippen LogP contribution in [0.5, 0.6) is 0 Å². The molecule has 0 aliphatic heterocycles. The Balaban J connectivity index is 2.06. The first-order valence-electron chi connectivity index (χ1n) is 6.87. The predicted molar refractivity (Wildman–Crippen MR) is 80.1 cm³/mol. The maximum Gasteiger partial charge on any atom is 0.253 e. The number of nitrogens with one attached hydrogen (secondary N) is 1. The molecule has 0 saturated heterocycles. The van der Waals surface area contributed by atoms with Crippen molar-refractivity contribution >= 4 is 17.2 Å². The van der Waals surface area contributed by atoms with Crippen LogP contribution in [0.4, 0.5) is 0 Å². The molecule has 2 nitrogen and oxygen atoms in total. The molecular weight excluding hydrogens is 254 g/mol. The van der Waals surface area contributed by atoms with Crippen molar-refractivity contribution in [3.05, 3.63) is 22.4 Å². The molecule has 2 rings (SSSR count). The molecule has 3 heteroatoms. The third kappa shape index (κ3) is 3.19. The van der Waals surface area contributed by atoms with E-state index in [1.807, 2.05) is 23.8 Å². The fourth-order valence-corrected chi connectivity index (χ4v) is 3.43. The molecule has 1 aromatic heterocycles. The molecule has 1 aliphatic rings. The molecular formula is C16H21NOS. The van der Waals surface area contributed by atoms with E-state index in [4.69, 9.17) is 6.42 Å². The van der Waals surface area contributed by atoms with Gasteiger partial charge in [0.25, 0.3) is 5.91 Å². The summed E-state index contributed by atoms with van der Waals surface area (Å²) in [5.41, 5.74) is 0.176. The van der Waals surface area contributed by atoms with E-state index in [0.717, 1.165) is 18.8 Å². The Morgan fingerprint density at radius 1 is 1.47 bits per heavy atom. The summed E-state index contributed by atoms with van der Waals surface area (Å²) in [5, 5.41) is 6.83. The molecule has 0 aromatic carbocycles. The van der Waals surface area contributed by atoms with Crippen LogP contribution in [0.2, 0.25) is 0 Å². The van der Waals surface area contributed by atoms with Crippen LogP contribution in [-0.2, 0) is 0 Å². The molecule has 1 heterocycles. The minimum atomic E-state index is -0.529. The monoisotopic (exact) mass is 275 g/mol. The van der Waals surface area contributed by atoms with Gasteiger partial charge >= 0.3 is 0 Å². The van der Waals surface area contributed by atoms with Crippen LogP contribution in [0.25, 0.3) is 0 Å². The average Bonchev–Trinajstić information content (AvgIpc) is 2.93. The lowest BCUT2D eigenvalue weighted by Crippen LogP contribution is -2.51. The molecule has 1 fully saturated rings. The zero-order chi connectivity index (χ0) is 13.9. The number of amides is 1. The van der Waals surface area contributed by atoms with E-state index >= 15 is 0 Å². The molecule has 102 valence electrons. The average molecular weight is 275 g/mol. The third-order valence-electron chi connectivity index (χ3n) is 4.29. The molecule has 0 spiro atoms. The van der Waals surface area contributed by atoms with Crippen molar-refractivity contribution in [2.45, 2.75) is 45.1 Å². The predicted octanol–water partition coefficient (Wildman–Crippen LogP) is 3.70. The first-order valence-corrected chi connectivity index (χ1v) is 7.82. The minimum Gasteiger partial charge on any atom is -0.336 e. The summed E-state index contributed by atoms with van der Waals surface area (Å²) >= 11 is 1.52. The summed E-state index contributed by atoms with van der Waals surface area (Å²) in [5.74, 6) is 3.94. The van der Waals surface area contributed by atoms with Gasteiger partial charge in [0.15, 0.2) is 0 Å². The first-order chi connectivity index (χ1) is 9.05. The van der Waals surface area contributed by atoms with Gasteiger partial charge in [-0.25, -0.2) is 0 Å². The van der Waals surface area contributed by atoms with Gasteiger partial charge in [-0.15, -0.1) is 6.42 Å². The van der Waals surface area contributed by atoms with Crippen molar-refractivity contribution in [1.29, 1.82) is 0 Å². The molecule has 1 atom stereocenters. The highest BCUT2D eigenvalue weighted by molar-refractivity contribution is 7.08. The standard InChI is InChI=1S/C16H21NOS/c1-4-16(3,14-7-5-12(2)6-8-14)17-15(18)13-9-10-19-11-13/h1,9-12,14H,5-8H2,2-3H3,(H,17,18)/t12?,14?,16-/m1/s1. The topological polar surface area (TPSA) is 29.1 Å². The highest BCUT2D eigenvalue weighted by Crippen LogP contribution is 2.35. The second-order valence-electron chi connectivity index (χ2n) is 5.77. The molecule has 1 aliphatic carbocycles. The molecule has 0 unspecified atom stereocenters. The van der Waals surface area contributed by atoms with Crippen molar-refractivity contribution in [3.63, 3.8) is 0 Å². The van der Waals surface area contributed by atoms with E-state index < -0.39 is 5.54 Å². The van der Waals surface area contributed by atoms with Crippen LogP contribution < -0.4 is 5.32 Å². The number of carbonyl (C=O) groups is 1. The third-order valence-corrected chi connectivity index (χ3v) is 4.97. The lowest BCUT2D eigenvalue weighted by Gasteiger charge is -2.38. The number of rotatable bonds is 3. The van der Waals surface area contributed by atoms with Crippen molar-refractivity contribution in [3.8, 4) is 12.3 Å². The molecule has 1 N–H and O–H groups in total. The van der Waals surface area contributed by atoms with Gasteiger partial charge in [-0.3, -0.25) is 4.79 Å². The molecule has 0 bridgehead atoms. The normalized spacial score (nSPS) is 26.2. The number of terminal acetylenes is 1. The van der Waals surface area contributed by atoms with E-state index in [1.165, 1.54) is 24.2 Å². The van der Waals surface area contributed by atoms with Crippen LogP contribution in [0.1, 0.15) is 49.9 Å². The van der Waals surface area contributed by atoms with E-state index in [9.17, 15) is 4.79 Å². The lowest BCUT2D eigenvalue weighted by molar-refractivity contribution is 0.0881. The highest BCUT2D eigenvalue weighted by Gasteiger charge is 2.36. The van der Waals surface area contributed by atoms with Gasteiger partial charge in [-0.1, -0.05) is 25.7 Å². The van der Waals surface area contributed by atoms with Gasteiger partial charge in [0.05, 0.1) is 5.56 Å². The quantitative estimate of drug-likeness (QED) is 0.837. The highest BCUT2D eigenvalue weighted by atomic mass is 32.1. The van der Waals surface area contributed by atoms with Crippen LogP contribution in [0, 0.1) is 24.2 Å². The van der Waals surface area contributed by atoms with Crippen LogP contribution in [-0.4, -0.2) is 11.4 Å². The van der Waals surface area contributed by atoms with Crippen LogP contribution >= 0.6 is 11.3 Å². The Morgan fingerprint density at radius 2 is 2.16 bits per heavy atom. The Hall–Kier alpha value is -1.27. The van der Waals surface area contributed by atoms with Crippen LogP contribution in [0.15, 0.2) is 16.8 Å². The molecule has 19 heavy (non-hydrogen) atoms. The fraction of sp³-hybridized carbons (Fsp3) is 0.562. The second-order valence-corrected chi connectivity index (χ2v) is 6.55. The van der Waals surface area contributed by atoms with Crippen molar-refractivity contribution in [1.82, 2.24) is 5.32 Å². The van der Waals surface area contributed by atoms with E-state index in [-0.39, 0.29) is 5.91 Å². The number of hydrogen-bond donors (Lipinski definition) is 1. The molecule has 1 saturated carbocycles. The summed E-state index contributed by atoms with van der Waals surface area (Å²) in [7, 11) is 0. The molecule has 1 amide bonds. The van der Waals surface area contributed by atoms with Crippen molar-refractivity contribution < 1.29 is 4.79 Å². The van der Waals surface area contributed by atoms with Gasteiger partial charge in [-0.05, 0) is 43.0 Å². The van der Waals surface area contributed by atoms with E-state index in [2.05, 4.69) is 18.2 Å². The minimum absolute atomic E-state index is 0.0553. The maximum atomic E-state index is 12.2. The Bertz CT molecular complexity index is 465. The number of carbonyl (C=O) groups excluding carboxylic acids is 1. The largest absolute Gasteiger partial charge is 0.336 e. The summed E-state index contributed by atoms with van der Waals surface area (Å²) < 4.78 is 0. The summed E-state index contributed by atoms with van der Waals surface area (Å²) in [4.78, 5) is 12.2. The summed E-state index contributed by atoms with van der Waals surface area (Å²) in [6.45, 7) is 4.27. The van der Waals surface area contributed by atoms with Crippen LogP contribution in [0.3, 0.4) is 0 Å². The Labute approximate surface area is 119 Å². The van der Waals surface area contributed by atoms with Crippen molar-refractivity contribution in [2.24, 2.45) is 11.8 Å². The summed E-state index contributed by atoms with van der Waals surface area (Å²) in [6, 6.07) is 1.83. The van der Waals surface area contributed by atoms with Gasteiger partial charge in [-0.2, -0.15) is 11.3 Å². The van der Waals surface area contributed by atoms with E-state index in [0.29, 0.717) is 11.5 Å². The smallest absolute Gasteiger partial charge is 0.253 e. The number of hydrogen-bond acceptors (Lipinski definition) is 2. The Kier molecular flexibility index (Phi) is 4.31. The van der Waals surface area contributed by atoms with Crippen molar-refractivity contribution in [2.75, 3.05) is 0 Å². The van der Waals surface area contributed by atoms with Gasteiger partial charge in [0.1, 0.15) is 5.54 Å². The Morgan fingerprint density at radius 3 is 2.68 bits per heavy atom. The van der Waals surface area contributed by atoms with Gasteiger partial charge in [0, 0.05) is 5.38 Å². The summed E-state index contributed by atoms with van der Waals surface area (Å²) in [6.07, 6.45) is 10.3. The second kappa shape index (κ2) is 5.79. The first kappa shape index (κ1) is 14.1. The maximum absolute atomic E-state index is 12.2. The lowest BCUT2D eigenvalue weighted by atomic mass is 9.73. The van der Waals surface area contributed by atoms with E-state index in [1.54, 1.807) is 0 Å². The van der Waals surface area contributed by atoms with Gasteiger partial charge in [0.2, 0.25) is 0 Å². The molecule has 0 radical (unpaired) electrons. The number of thiophene rings is 1. The van der Waals surface area contributed by atoms with Gasteiger partial charge < -0.3 is 5.32 Å². The molecule has 1 aromatic rings. The SMILES string of the molecule is C#C[C@@](C)(NC(=O)c1ccsc1)C1CCC(C)CC1.